The molecule has 0 atom stereocenters. The van der Waals surface area contributed by atoms with Crippen LogP contribution in [0.3, 0.4) is 0 Å². The lowest BCUT2D eigenvalue weighted by Crippen LogP contribution is -2.24. The van der Waals surface area contributed by atoms with Crippen molar-refractivity contribution in [3.05, 3.63) is 56.7 Å². The van der Waals surface area contributed by atoms with Crippen LogP contribution < -0.4 is 5.56 Å². The van der Waals surface area contributed by atoms with Crippen molar-refractivity contribution >= 4 is 33.3 Å². The first-order valence-electron chi connectivity index (χ1n) is 8.98. The molecule has 0 fully saturated rings. The van der Waals surface area contributed by atoms with Crippen LogP contribution >= 0.6 is 23.1 Å². The number of thiophene rings is 1. The zero-order valence-corrected chi connectivity index (χ0v) is 16.5. The van der Waals surface area contributed by atoms with E-state index in [1.807, 2.05) is 22.8 Å². The Morgan fingerprint density at radius 3 is 2.85 bits per heavy atom. The Labute approximate surface area is 161 Å². The standard InChI is InChI=1S/C20H22N2O2S2/c1-24-11-12-25-20-21-18-17(15-9-5-6-10-16(15)26-18)19(23)22(20)13-14-7-3-2-4-8-14/h2-4,7-8H,5-6,9-13H2,1H3. The van der Waals surface area contributed by atoms with E-state index in [1.54, 1.807) is 30.2 Å². The van der Waals surface area contributed by atoms with Crippen molar-refractivity contribution in [2.45, 2.75) is 37.4 Å². The van der Waals surface area contributed by atoms with E-state index in [9.17, 15) is 4.79 Å². The molecule has 0 radical (unpaired) electrons. The van der Waals surface area contributed by atoms with Crippen LogP contribution in [0.5, 0.6) is 0 Å². The largest absolute Gasteiger partial charge is 0.384 e. The fourth-order valence-corrected chi connectivity index (χ4v) is 5.65. The molecule has 3 aromatic rings. The fourth-order valence-electron chi connectivity index (χ4n) is 3.45. The maximum Gasteiger partial charge on any atom is 0.263 e. The summed E-state index contributed by atoms with van der Waals surface area (Å²) < 4.78 is 7.02. The molecule has 4 nitrogen and oxygen atoms in total. The highest BCUT2D eigenvalue weighted by Gasteiger charge is 2.22. The van der Waals surface area contributed by atoms with Gasteiger partial charge in [-0.3, -0.25) is 9.36 Å². The molecule has 1 aliphatic rings. The van der Waals surface area contributed by atoms with E-state index < -0.39 is 0 Å². The lowest BCUT2D eigenvalue weighted by Gasteiger charge is -2.13. The summed E-state index contributed by atoms with van der Waals surface area (Å²) in [4.78, 5) is 20.6. The van der Waals surface area contributed by atoms with Crippen LogP contribution in [0, 0.1) is 0 Å². The quantitative estimate of drug-likeness (QED) is 0.363. The molecular formula is C20H22N2O2S2. The lowest BCUT2D eigenvalue weighted by atomic mass is 9.97. The summed E-state index contributed by atoms with van der Waals surface area (Å²) in [5.74, 6) is 0.786. The van der Waals surface area contributed by atoms with E-state index in [0.717, 1.165) is 39.5 Å². The minimum Gasteiger partial charge on any atom is -0.384 e. The normalized spacial score (nSPS) is 13.9. The van der Waals surface area contributed by atoms with E-state index in [4.69, 9.17) is 9.72 Å². The number of nitrogens with zero attached hydrogens (tertiary/aromatic N) is 2. The van der Waals surface area contributed by atoms with Crippen molar-refractivity contribution in [2.75, 3.05) is 19.5 Å². The van der Waals surface area contributed by atoms with Gasteiger partial charge in [0, 0.05) is 17.7 Å². The molecule has 0 amide bonds. The van der Waals surface area contributed by atoms with Crippen LogP contribution in [-0.4, -0.2) is 29.0 Å². The highest BCUT2D eigenvalue weighted by Crippen LogP contribution is 2.34. The van der Waals surface area contributed by atoms with Crippen LogP contribution in [-0.2, 0) is 24.1 Å². The fraction of sp³-hybridized carbons (Fsp3) is 0.400. The third kappa shape index (κ3) is 3.46. The van der Waals surface area contributed by atoms with Crippen molar-refractivity contribution in [3.8, 4) is 0 Å². The van der Waals surface area contributed by atoms with Gasteiger partial charge in [0.05, 0.1) is 18.5 Å². The molecule has 2 heterocycles. The van der Waals surface area contributed by atoms with Crippen molar-refractivity contribution in [2.24, 2.45) is 0 Å². The van der Waals surface area contributed by atoms with Crippen LogP contribution in [0.25, 0.3) is 10.2 Å². The predicted molar refractivity (Wildman–Crippen MR) is 109 cm³/mol. The lowest BCUT2D eigenvalue weighted by molar-refractivity contribution is 0.218. The summed E-state index contributed by atoms with van der Waals surface area (Å²) in [6.07, 6.45) is 4.48. The van der Waals surface area contributed by atoms with Crippen molar-refractivity contribution in [3.63, 3.8) is 0 Å². The number of hydrogen-bond acceptors (Lipinski definition) is 5. The van der Waals surface area contributed by atoms with Crippen molar-refractivity contribution in [1.82, 2.24) is 9.55 Å². The van der Waals surface area contributed by atoms with Gasteiger partial charge in [0.15, 0.2) is 5.16 Å². The SMILES string of the molecule is COCCSc1nc2sc3c(c2c(=O)n1Cc1ccccc1)CCCC3. The van der Waals surface area contributed by atoms with Crippen LogP contribution in [0.2, 0.25) is 0 Å². The summed E-state index contributed by atoms with van der Waals surface area (Å²) in [6, 6.07) is 10.1. The monoisotopic (exact) mass is 386 g/mol. The van der Waals surface area contributed by atoms with Gasteiger partial charge in [0.1, 0.15) is 4.83 Å². The first kappa shape index (κ1) is 17.8. The van der Waals surface area contributed by atoms with E-state index in [0.29, 0.717) is 13.2 Å². The summed E-state index contributed by atoms with van der Waals surface area (Å²) in [6.45, 7) is 1.20. The number of hydrogen-bond donors (Lipinski definition) is 0. The summed E-state index contributed by atoms with van der Waals surface area (Å²) >= 11 is 3.31. The molecule has 0 spiro atoms. The summed E-state index contributed by atoms with van der Waals surface area (Å²) in [5.41, 5.74) is 2.48. The molecule has 0 saturated heterocycles. The maximum absolute atomic E-state index is 13.4. The number of benzene rings is 1. The zero-order chi connectivity index (χ0) is 17.9. The highest BCUT2D eigenvalue weighted by atomic mass is 32.2. The Morgan fingerprint density at radius 2 is 2.04 bits per heavy atom. The van der Waals surface area contributed by atoms with Gasteiger partial charge < -0.3 is 4.74 Å². The van der Waals surface area contributed by atoms with E-state index >= 15 is 0 Å². The number of ether oxygens (including phenoxy) is 1. The molecule has 6 heteroatoms. The molecule has 1 aliphatic carbocycles. The molecule has 136 valence electrons. The number of aromatic nitrogens is 2. The van der Waals surface area contributed by atoms with Gasteiger partial charge in [-0.05, 0) is 36.8 Å². The third-order valence-electron chi connectivity index (χ3n) is 4.74. The van der Waals surface area contributed by atoms with Crippen LogP contribution in [0.1, 0.15) is 28.8 Å². The summed E-state index contributed by atoms with van der Waals surface area (Å²) in [7, 11) is 1.70. The number of thioether (sulfide) groups is 1. The predicted octanol–water partition coefficient (Wildman–Crippen LogP) is 4.12. The Morgan fingerprint density at radius 1 is 1.23 bits per heavy atom. The second kappa shape index (κ2) is 7.94. The molecule has 0 aliphatic heterocycles. The first-order chi connectivity index (χ1) is 12.8. The summed E-state index contributed by atoms with van der Waals surface area (Å²) in [5, 5.41) is 1.65. The van der Waals surface area contributed by atoms with Gasteiger partial charge in [0.25, 0.3) is 5.56 Å². The van der Waals surface area contributed by atoms with Gasteiger partial charge in [0.2, 0.25) is 0 Å². The molecule has 4 rings (SSSR count). The smallest absolute Gasteiger partial charge is 0.263 e. The minimum absolute atomic E-state index is 0.109. The number of fused-ring (bicyclic) bond motifs is 3. The molecule has 2 aromatic heterocycles. The van der Waals surface area contributed by atoms with Crippen molar-refractivity contribution < 1.29 is 4.74 Å². The molecular weight excluding hydrogens is 364 g/mol. The number of rotatable bonds is 6. The van der Waals surface area contributed by atoms with E-state index in [1.165, 1.54) is 23.3 Å². The van der Waals surface area contributed by atoms with Gasteiger partial charge in [-0.2, -0.15) is 0 Å². The highest BCUT2D eigenvalue weighted by molar-refractivity contribution is 7.99. The molecule has 0 N–H and O–H groups in total. The van der Waals surface area contributed by atoms with E-state index in [2.05, 4.69) is 12.1 Å². The number of methoxy groups -OCH3 is 1. The van der Waals surface area contributed by atoms with Gasteiger partial charge in [-0.1, -0.05) is 42.1 Å². The van der Waals surface area contributed by atoms with Gasteiger partial charge in [-0.15, -0.1) is 11.3 Å². The molecule has 1 aromatic carbocycles. The zero-order valence-electron chi connectivity index (χ0n) is 14.9. The van der Waals surface area contributed by atoms with Crippen molar-refractivity contribution in [1.29, 1.82) is 0 Å². The Balaban J connectivity index is 1.83. The first-order valence-corrected chi connectivity index (χ1v) is 10.8. The molecule has 26 heavy (non-hydrogen) atoms. The third-order valence-corrected chi connectivity index (χ3v) is 6.87. The van der Waals surface area contributed by atoms with E-state index in [-0.39, 0.29) is 5.56 Å². The molecule has 0 bridgehead atoms. The van der Waals surface area contributed by atoms with Crippen LogP contribution in [0.15, 0.2) is 40.3 Å². The minimum atomic E-state index is 0.109. The van der Waals surface area contributed by atoms with Gasteiger partial charge in [-0.25, -0.2) is 4.98 Å². The second-order valence-corrected chi connectivity index (χ2v) is 8.65. The molecule has 0 unspecified atom stereocenters. The van der Waals surface area contributed by atoms with Gasteiger partial charge >= 0.3 is 0 Å². The number of aryl methyl sites for hydroxylation is 2. The average molecular weight is 387 g/mol. The Hall–Kier alpha value is -1.63. The maximum atomic E-state index is 13.4. The molecule has 0 saturated carbocycles. The van der Waals surface area contributed by atoms with Crippen LogP contribution in [0.4, 0.5) is 0 Å². The topological polar surface area (TPSA) is 44.1 Å². The Bertz CT molecular complexity index is 963. The Kier molecular flexibility index (Phi) is 5.43. The second-order valence-electron chi connectivity index (χ2n) is 6.50. The average Bonchev–Trinajstić information content (AvgIpc) is 3.04.